The average Bonchev–Trinajstić information content (AvgIpc) is 3.26. The molecule has 0 radical (unpaired) electrons. The lowest BCUT2D eigenvalue weighted by Gasteiger charge is -2.39. The molecule has 0 spiro atoms. The molecule has 1 fully saturated rings. The highest BCUT2D eigenvalue weighted by atomic mass is 19.1. The van der Waals surface area contributed by atoms with Gasteiger partial charge in [0.2, 0.25) is 12.7 Å². The Hall–Kier alpha value is -3.42. The molecule has 0 saturated carbocycles. The zero-order chi connectivity index (χ0) is 19.4. The molecule has 3 heterocycles. The van der Waals surface area contributed by atoms with Gasteiger partial charge in [-0.05, 0) is 42.0 Å². The molecule has 0 aromatic heterocycles. The van der Waals surface area contributed by atoms with Gasteiger partial charge in [0.25, 0.3) is 0 Å². The predicted octanol–water partition coefficient (Wildman–Crippen LogP) is 2.91. The summed E-state index contributed by atoms with van der Waals surface area (Å²) < 4.78 is 24.1. The van der Waals surface area contributed by atoms with Gasteiger partial charge in [0.15, 0.2) is 11.5 Å². The number of ether oxygens (including phenoxy) is 2. The Labute approximate surface area is 160 Å². The number of carbonyl (C=O) groups is 2. The zero-order valence-electron chi connectivity index (χ0n) is 15.0. The molecule has 1 saturated heterocycles. The van der Waals surface area contributed by atoms with E-state index in [9.17, 15) is 14.0 Å². The topological polar surface area (TPSA) is 71.4 Å². The van der Waals surface area contributed by atoms with Crippen LogP contribution in [-0.2, 0) is 4.79 Å². The first-order valence-corrected chi connectivity index (χ1v) is 8.86. The summed E-state index contributed by atoms with van der Waals surface area (Å²) in [5.41, 5.74) is 1.36. The van der Waals surface area contributed by atoms with Gasteiger partial charge in [-0.2, -0.15) is 4.99 Å². The number of aliphatic imine (C=N–C) groups is 1. The number of fused-ring (bicyclic) bond motifs is 2. The Morgan fingerprint density at radius 1 is 1.07 bits per heavy atom. The van der Waals surface area contributed by atoms with Crippen LogP contribution in [0.3, 0.4) is 0 Å². The number of anilines is 1. The quantitative estimate of drug-likeness (QED) is 0.802. The van der Waals surface area contributed by atoms with Crippen LogP contribution >= 0.6 is 0 Å². The van der Waals surface area contributed by atoms with E-state index in [1.54, 1.807) is 7.05 Å². The summed E-state index contributed by atoms with van der Waals surface area (Å²) in [5, 5.41) is 0. The third-order valence-corrected chi connectivity index (χ3v) is 5.36. The predicted molar refractivity (Wildman–Crippen MR) is 98.2 cm³/mol. The lowest BCUT2D eigenvalue weighted by Crippen LogP contribution is -2.54. The molecule has 5 rings (SSSR count). The van der Waals surface area contributed by atoms with Gasteiger partial charge in [-0.15, -0.1) is 0 Å². The number of carbonyl (C=O) groups excluding carboxylic acids is 2. The van der Waals surface area contributed by atoms with Gasteiger partial charge >= 0.3 is 6.03 Å². The number of halogens is 1. The smallest absolute Gasteiger partial charge is 0.345 e. The first-order valence-electron chi connectivity index (χ1n) is 8.86. The summed E-state index contributed by atoms with van der Waals surface area (Å²) in [6.45, 7) is 0.162. The Morgan fingerprint density at radius 3 is 2.61 bits per heavy atom. The molecule has 3 aliphatic heterocycles. The number of amidine groups is 1. The van der Waals surface area contributed by atoms with Gasteiger partial charge in [0.1, 0.15) is 11.7 Å². The normalized spacial score (nSPS) is 23.1. The van der Waals surface area contributed by atoms with Gasteiger partial charge in [-0.25, -0.2) is 9.18 Å². The number of nitrogens with zero attached hydrogens (tertiary/aromatic N) is 3. The largest absolute Gasteiger partial charge is 0.454 e. The number of hydrogen-bond acceptors (Lipinski definition) is 4. The van der Waals surface area contributed by atoms with E-state index in [2.05, 4.69) is 4.99 Å². The number of rotatable bonds is 2. The van der Waals surface area contributed by atoms with E-state index in [0.717, 1.165) is 5.56 Å². The van der Waals surface area contributed by atoms with Gasteiger partial charge in [0, 0.05) is 19.4 Å². The minimum atomic E-state index is -0.410. The van der Waals surface area contributed by atoms with Crippen LogP contribution in [0.25, 0.3) is 0 Å². The number of amides is 3. The number of benzene rings is 2. The molecule has 0 unspecified atom stereocenters. The van der Waals surface area contributed by atoms with Crippen molar-refractivity contribution < 1.29 is 23.5 Å². The Kier molecular flexibility index (Phi) is 3.61. The molecular weight excluding hydrogens is 365 g/mol. The molecule has 142 valence electrons. The second kappa shape index (κ2) is 6.05. The van der Waals surface area contributed by atoms with Crippen molar-refractivity contribution in [2.75, 3.05) is 18.7 Å². The molecule has 0 aliphatic carbocycles. The maximum atomic E-state index is 13.3. The first kappa shape index (κ1) is 16.7. The lowest BCUT2D eigenvalue weighted by molar-refractivity contribution is -0.118. The van der Waals surface area contributed by atoms with Crippen molar-refractivity contribution >= 4 is 23.5 Å². The maximum absolute atomic E-state index is 13.3. The summed E-state index contributed by atoms with van der Waals surface area (Å²) in [6.07, 6.45) is 0.179. The van der Waals surface area contributed by atoms with Gasteiger partial charge in [-0.3, -0.25) is 9.69 Å². The number of hydrogen-bond donors (Lipinski definition) is 0. The second-order valence-electron chi connectivity index (χ2n) is 6.94. The molecule has 28 heavy (non-hydrogen) atoms. The highest BCUT2D eigenvalue weighted by Crippen LogP contribution is 2.41. The fraction of sp³-hybridized carbons (Fsp3) is 0.250. The Morgan fingerprint density at radius 2 is 1.82 bits per heavy atom. The Bertz CT molecular complexity index is 1020. The number of likely N-dealkylation sites (N-methyl/N-ethyl adjacent to an activating group) is 1. The van der Waals surface area contributed by atoms with Crippen molar-refractivity contribution in [1.82, 2.24) is 4.90 Å². The van der Waals surface area contributed by atoms with Crippen LogP contribution in [0.15, 0.2) is 47.5 Å². The average molecular weight is 381 g/mol. The zero-order valence-corrected chi connectivity index (χ0v) is 15.0. The van der Waals surface area contributed by atoms with Crippen molar-refractivity contribution in [3.05, 3.63) is 53.8 Å². The van der Waals surface area contributed by atoms with Gasteiger partial charge < -0.3 is 14.4 Å². The van der Waals surface area contributed by atoms with Crippen molar-refractivity contribution in [1.29, 1.82) is 0 Å². The third kappa shape index (κ3) is 2.45. The van der Waals surface area contributed by atoms with E-state index in [4.69, 9.17) is 9.47 Å². The fourth-order valence-corrected chi connectivity index (χ4v) is 4.00. The van der Waals surface area contributed by atoms with E-state index < -0.39 is 17.9 Å². The first-order chi connectivity index (χ1) is 13.5. The van der Waals surface area contributed by atoms with E-state index in [-0.39, 0.29) is 25.0 Å². The third-order valence-electron chi connectivity index (χ3n) is 5.36. The molecule has 3 aliphatic rings. The van der Waals surface area contributed by atoms with Crippen molar-refractivity contribution in [2.24, 2.45) is 4.99 Å². The summed E-state index contributed by atoms with van der Waals surface area (Å²) >= 11 is 0. The molecule has 7 nitrogen and oxygen atoms in total. The molecule has 0 bridgehead atoms. The fourth-order valence-electron chi connectivity index (χ4n) is 4.00. The molecule has 3 amide bonds. The molecule has 0 N–H and O–H groups in total. The minimum Gasteiger partial charge on any atom is -0.454 e. The SMILES string of the molecule is CN1C(=O)N=C2[C@@H]1[C@@H](c1ccc3c(c1)OCO3)CC(=O)N2c1ccc(F)cc1. The van der Waals surface area contributed by atoms with Gasteiger partial charge in [-0.1, -0.05) is 6.07 Å². The monoisotopic (exact) mass is 381 g/mol. The molecule has 2 atom stereocenters. The van der Waals surface area contributed by atoms with Crippen LogP contribution in [0.2, 0.25) is 0 Å². The lowest BCUT2D eigenvalue weighted by atomic mass is 9.83. The van der Waals surface area contributed by atoms with E-state index >= 15 is 0 Å². The minimum absolute atomic E-state index is 0.162. The standard InChI is InChI=1S/C20H16FN3O4/c1-23-18-14(11-2-7-15-16(8-11)28-10-27-15)9-17(25)24(19(18)22-20(23)26)13-5-3-12(21)4-6-13/h2-8,14,18H,9-10H2,1H3/t14-,18+/m1/s1. The van der Waals surface area contributed by atoms with Crippen LogP contribution in [-0.4, -0.2) is 42.6 Å². The highest BCUT2D eigenvalue weighted by Gasteiger charge is 2.48. The summed E-state index contributed by atoms with van der Waals surface area (Å²) in [7, 11) is 1.67. The van der Waals surface area contributed by atoms with Crippen molar-refractivity contribution in [3.63, 3.8) is 0 Å². The number of piperidine rings is 1. The molecular formula is C20H16FN3O4. The highest BCUT2D eigenvalue weighted by molar-refractivity contribution is 6.25. The van der Waals surface area contributed by atoms with Crippen LogP contribution in [0, 0.1) is 5.82 Å². The van der Waals surface area contributed by atoms with E-state index in [1.165, 1.54) is 34.1 Å². The molecule has 8 heteroatoms. The second-order valence-corrected chi connectivity index (χ2v) is 6.94. The van der Waals surface area contributed by atoms with Crippen molar-refractivity contribution in [3.8, 4) is 11.5 Å². The maximum Gasteiger partial charge on any atom is 0.345 e. The van der Waals surface area contributed by atoms with E-state index in [1.807, 2.05) is 18.2 Å². The van der Waals surface area contributed by atoms with Crippen LogP contribution in [0.5, 0.6) is 11.5 Å². The number of urea groups is 1. The van der Waals surface area contributed by atoms with E-state index in [0.29, 0.717) is 23.0 Å². The van der Waals surface area contributed by atoms with Gasteiger partial charge in [0.05, 0.1) is 11.7 Å². The molecule has 2 aromatic carbocycles. The summed E-state index contributed by atoms with van der Waals surface area (Å²) in [6, 6.07) is 10.3. The Balaban J connectivity index is 1.56. The van der Waals surface area contributed by atoms with Crippen molar-refractivity contribution in [2.45, 2.75) is 18.4 Å². The van der Waals surface area contributed by atoms with Crippen LogP contribution in [0.4, 0.5) is 14.9 Å². The molecule has 2 aromatic rings. The van der Waals surface area contributed by atoms with Crippen LogP contribution < -0.4 is 14.4 Å². The van der Waals surface area contributed by atoms with Crippen LogP contribution in [0.1, 0.15) is 17.9 Å². The summed E-state index contributed by atoms with van der Waals surface area (Å²) in [5.74, 6) is 0.767. The summed E-state index contributed by atoms with van der Waals surface area (Å²) in [4.78, 5) is 32.4.